The molecule has 1 heterocycles. The molecule has 1 atom stereocenters. The maximum absolute atomic E-state index is 11.9. The highest BCUT2D eigenvalue weighted by molar-refractivity contribution is 5.95. The average molecular weight is 298 g/mol. The molecule has 0 saturated carbocycles. The van der Waals surface area contributed by atoms with Gasteiger partial charge in [-0.05, 0) is 38.3 Å². The lowest BCUT2D eigenvalue weighted by Crippen LogP contribution is -2.51. The number of hydrogen-bond donors (Lipinski definition) is 3. The third-order valence-corrected chi connectivity index (χ3v) is 3.80. The molecule has 1 aliphatic heterocycles. The largest absolute Gasteiger partial charge is 0.338 e. The molecule has 122 valence electrons. The molecule has 0 bridgehead atoms. The van der Waals surface area contributed by atoms with Gasteiger partial charge >= 0.3 is 6.03 Å². The van der Waals surface area contributed by atoms with Gasteiger partial charge in [0.2, 0.25) is 5.91 Å². The third kappa shape index (κ3) is 7.43. The molecule has 1 rings (SSSR count). The zero-order chi connectivity index (χ0) is 15.7. The smallest absolute Gasteiger partial charge is 0.321 e. The Morgan fingerprint density at radius 2 is 2.14 bits per heavy atom. The Morgan fingerprint density at radius 3 is 2.71 bits per heavy atom. The van der Waals surface area contributed by atoms with Gasteiger partial charge in [-0.15, -0.1) is 0 Å². The summed E-state index contributed by atoms with van der Waals surface area (Å²) in [5.74, 6) is 0.305. The Bertz CT molecular complexity index is 328. The zero-order valence-electron chi connectivity index (χ0n) is 13.6. The van der Waals surface area contributed by atoms with Gasteiger partial charge in [-0.2, -0.15) is 0 Å². The van der Waals surface area contributed by atoms with Crippen molar-refractivity contribution in [2.45, 2.75) is 46.1 Å². The topological polar surface area (TPSA) is 73.5 Å². The molecule has 21 heavy (non-hydrogen) atoms. The van der Waals surface area contributed by atoms with Crippen molar-refractivity contribution in [3.05, 3.63) is 0 Å². The van der Waals surface area contributed by atoms with Crippen molar-refractivity contribution in [3.63, 3.8) is 0 Å². The lowest BCUT2D eigenvalue weighted by atomic mass is 10.1. The summed E-state index contributed by atoms with van der Waals surface area (Å²) in [6.45, 7) is 9.91. The fraction of sp³-hybridized carbons (Fsp3) is 0.867. The number of nitrogens with one attached hydrogen (secondary N) is 3. The summed E-state index contributed by atoms with van der Waals surface area (Å²) in [4.78, 5) is 25.7. The van der Waals surface area contributed by atoms with E-state index < -0.39 is 6.03 Å². The summed E-state index contributed by atoms with van der Waals surface area (Å²) in [5.41, 5.74) is 0. The summed E-state index contributed by atoms with van der Waals surface area (Å²) in [6, 6.07) is -0.00280. The van der Waals surface area contributed by atoms with E-state index in [1.807, 2.05) is 6.92 Å². The molecule has 0 aromatic rings. The number of urea groups is 1. The van der Waals surface area contributed by atoms with Gasteiger partial charge in [-0.25, -0.2) is 4.79 Å². The number of imide groups is 1. The van der Waals surface area contributed by atoms with Crippen LogP contribution in [0.25, 0.3) is 0 Å². The van der Waals surface area contributed by atoms with Gasteiger partial charge in [0.25, 0.3) is 0 Å². The van der Waals surface area contributed by atoms with Crippen LogP contribution in [0.5, 0.6) is 0 Å². The van der Waals surface area contributed by atoms with Crippen LogP contribution in [-0.4, -0.2) is 55.6 Å². The predicted octanol–water partition coefficient (Wildman–Crippen LogP) is 0.932. The number of carbonyl (C=O) groups is 2. The normalized spacial score (nSPS) is 18.8. The second-order valence-electron chi connectivity index (χ2n) is 6.05. The molecular weight excluding hydrogens is 268 g/mol. The first-order valence-electron chi connectivity index (χ1n) is 8.05. The van der Waals surface area contributed by atoms with Crippen molar-refractivity contribution >= 4 is 11.9 Å². The minimum absolute atomic E-state index is 0.232. The highest BCUT2D eigenvalue weighted by Crippen LogP contribution is 2.09. The van der Waals surface area contributed by atoms with Crippen LogP contribution < -0.4 is 16.0 Å². The number of carbonyl (C=O) groups excluding carboxylic acids is 2. The Labute approximate surface area is 128 Å². The fourth-order valence-corrected chi connectivity index (χ4v) is 2.51. The number of amides is 3. The maximum atomic E-state index is 11.9. The van der Waals surface area contributed by atoms with Gasteiger partial charge in [0.1, 0.15) is 0 Å². The molecule has 3 amide bonds. The highest BCUT2D eigenvalue weighted by atomic mass is 16.2. The molecule has 6 nitrogen and oxygen atoms in total. The summed E-state index contributed by atoms with van der Waals surface area (Å²) in [7, 11) is 0. The minimum atomic E-state index is -0.390. The van der Waals surface area contributed by atoms with E-state index in [0.29, 0.717) is 18.5 Å². The Balaban J connectivity index is 2.28. The fourth-order valence-electron chi connectivity index (χ4n) is 2.51. The third-order valence-electron chi connectivity index (χ3n) is 3.80. The summed E-state index contributed by atoms with van der Waals surface area (Å²) in [6.07, 6.45) is 3.16. The molecule has 1 aliphatic rings. The number of rotatable bonds is 7. The first-order valence-corrected chi connectivity index (χ1v) is 8.05. The van der Waals surface area contributed by atoms with Crippen molar-refractivity contribution < 1.29 is 9.59 Å². The quantitative estimate of drug-likeness (QED) is 0.654. The second kappa shape index (κ2) is 9.73. The van der Waals surface area contributed by atoms with Crippen molar-refractivity contribution in [2.75, 3.05) is 32.7 Å². The molecule has 1 saturated heterocycles. The summed E-state index contributed by atoms with van der Waals surface area (Å²) >= 11 is 0. The van der Waals surface area contributed by atoms with Gasteiger partial charge in [0, 0.05) is 19.1 Å². The van der Waals surface area contributed by atoms with E-state index >= 15 is 0 Å². The first kappa shape index (κ1) is 17.9. The van der Waals surface area contributed by atoms with Crippen LogP contribution in [0.4, 0.5) is 4.79 Å². The van der Waals surface area contributed by atoms with Gasteiger partial charge in [0.15, 0.2) is 0 Å². The van der Waals surface area contributed by atoms with E-state index in [1.165, 1.54) is 0 Å². The molecule has 0 radical (unpaired) electrons. The average Bonchev–Trinajstić information content (AvgIpc) is 2.45. The van der Waals surface area contributed by atoms with Crippen LogP contribution in [0.3, 0.4) is 0 Å². The summed E-state index contributed by atoms with van der Waals surface area (Å²) in [5, 5.41) is 8.47. The number of hydrogen-bond acceptors (Lipinski definition) is 4. The lowest BCUT2D eigenvalue weighted by molar-refractivity contribution is -0.121. The highest BCUT2D eigenvalue weighted by Gasteiger charge is 2.22. The Kier molecular flexibility index (Phi) is 8.30. The van der Waals surface area contributed by atoms with Gasteiger partial charge in [-0.1, -0.05) is 20.8 Å². The Morgan fingerprint density at radius 1 is 1.38 bits per heavy atom. The summed E-state index contributed by atoms with van der Waals surface area (Å²) < 4.78 is 0. The van der Waals surface area contributed by atoms with E-state index in [4.69, 9.17) is 0 Å². The SMILES string of the molecule is CCN(CC(=O)NC(=O)NCCC(C)C)C1CCCNC1. The first-order chi connectivity index (χ1) is 10.0. The molecule has 6 heteroatoms. The zero-order valence-corrected chi connectivity index (χ0v) is 13.6. The number of nitrogens with zero attached hydrogens (tertiary/aromatic N) is 1. The Hall–Kier alpha value is -1.14. The standard InChI is InChI=1S/C15H30N4O2/c1-4-19(13-6-5-8-16-10-13)11-14(20)18-15(21)17-9-7-12(2)3/h12-13,16H,4-11H2,1-3H3,(H2,17,18,20,21). The van der Waals surface area contributed by atoms with Crippen LogP contribution in [0, 0.1) is 5.92 Å². The van der Waals surface area contributed by atoms with E-state index in [9.17, 15) is 9.59 Å². The molecule has 0 aromatic heterocycles. The molecule has 0 aliphatic carbocycles. The van der Waals surface area contributed by atoms with Gasteiger partial charge in [0.05, 0.1) is 6.54 Å². The number of likely N-dealkylation sites (N-methyl/N-ethyl adjacent to an activating group) is 1. The second-order valence-corrected chi connectivity index (χ2v) is 6.05. The van der Waals surface area contributed by atoms with Crippen LogP contribution in [-0.2, 0) is 4.79 Å². The van der Waals surface area contributed by atoms with E-state index in [2.05, 4.69) is 34.7 Å². The minimum Gasteiger partial charge on any atom is -0.338 e. The molecule has 1 fully saturated rings. The molecule has 3 N–H and O–H groups in total. The molecule has 0 aromatic carbocycles. The van der Waals surface area contributed by atoms with Crippen molar-refractivity contribution in [1.29, 1.82) is 0 Å². The van der Waals surface area contributed by atoms with Gasteiger partial charge < -0.3 is 10.6 Å². The number of piperidine rings is 1. The predicted molar refractivity (Wildman–Crippen MR) is 84.1 cm³/mol. The van der Waals surface area contributed by atoms with Crippen LogP contribution in [0.1, 0.15) is 40.0 Å². The lowest BCUT2D eigenvalue weighted by Gasteiger charge is -2.33. The van der Waals surface area contributed by atoms with Crippen molar-refractivity contribution in [3.8, 4) is 0 Å². The molecule has 1 unspecified atom stereocenters. The maximum Gasteiger partial charge on any atom is 0.321 e. The van der Waals surface area contributed by atoms with Crippen molar-refractivity contribution in [2.24, 2.45) is 5.92 Å². The monoisotopic (exact) mass is 298 g/mol. The van der Waals surface area contributed by atoms with Crippen LogP contribution in [0.2, 0.25) is 0 Å². The van der Waals surface area contributed by atoms with Gasteiger partial charge in [-0.3, -0.25) is 15.0 Å². The van der Waals surface area contributed by atoms with E-state index in [0.717, 1.165) is 38.9 Å². The van der Waals surface area contributed by atoms with E-state index in [-0.39, 0.29) is 12.5 Å². The van der Waals surface area contributed by atoms with Crippen molar-refractivity contribution in [1.82, 2.24) is 20.9 Å². The van der Waals surface area contributed by atoms with Crippen LogP contribution in [0.15, 0.2) is 0 Å². The van der Waals surface area contributed by atoms with Crippen LogP contribution >= 0.6 is 0 Å². The molecular formula is C15H30N4O2. The molecule has 0 spiro atoms. The van der Waals surface area contributed by atoms with E-state index in [1.54, 1.807) is 0 Å².